The molecule has 200 valence electrons. The normalized spacial score (nSPS) is 12.0. The van der Waals surface area contributed by atoms with Gasteiger partial charge in [0.25, 0.3) is 11.5 Å². The Kier molecular flexibility index (Phi) is 6.92. The maximum Gasteiger partial charge on any atom is 0.271 e. The van der Waals surface area contributed by atoms with Gasteiger partial charge in [-0.15, -0.1) is 0 Å². The fourth-order valence-corrected chi connectivity index (χ4v) is 4.21. The average molecular weight is 542 g/mol. The van der Waals surface area contributed by atoms with Crippen molar-refractivity contribution in [3.05, 3.63) is 112 Å². The van der Waals surface area contributed by atoms with Crippen LogP contribution in [0, 0.1) is 17.7 Å². The molecule has 0 aliphatic carbocycles. The zero-order valence-electron chi connectivity index (χ0n) is 21.4. The summed E-state index contributed by atoms with van der Waals surface area (Å²) in [5.74, 6) is 2.50. The lowest BCUT2D eigenvalue weighted by Gasteiger charge is -2.22. The molecule has 3 aromatic heterocycles. The standard InChI is InChI=1S/C29H22F3N7O/c1-17(37-26-21(25(33)35-16-36-26)14-13-19-12-11-18(30)15-34-19)27-38-23-10-6-9-22(29(2,31)32)24(23)28(40)39(27)20-7-4-3-5-8-20/h3-12,15-17H,1-2H3,(H3,33,35,36,37). The minimum absolute atomic E-state index is 0.0843. The summed E-state index contributed by atoms with van der Waals surface area (Å²) in [6.45, 7) is 2.48. The molecule has 1 unspecified atom stereocenters. The summed E-state index contributed by atoms with van der Waals surface area (Å²) < 4.78 is 43.5. The first kappa shape index (κ1) is 26.4. The molecular formula is C29H22F3N7O. The zero-order chi connectivity index (χ0) is 28.4. The maximum absolute atomic E-state index is 14.5. The van der Waals surface area contributed by atoms with Crippen LogP contribution in [-0.2, 0) is 5.92 Å². The number of rotatable bonds is 5. The number of hydrogen-bond acceptors (Lipinski definition) is 7. The smallest absolute Gasteiger partial charge is 0.271 e. The van der Waals surface area contributed by atoms with E-state index in [1.165, 1.54) is 41.2 Å². The molecule has 11 heteroatoms. The van der Waals surface area contributed by atoms with Gasteiger partial charge in [0.05, 0.1) is 28.8 Å². The Morgan fingerprint density at radius 2 is 1.77 bits per heavy atom. The number of para-hydroxylation sites is 1. The second-order valence-electron chi connectivity index (χ2n) is 8.99. The molecule has 3 heterocycles. The Bertz CT molecular complexity index is 1820. The van der Waals surface area contributed by atoms with Gasteiger partial charge < -0.3 is 11.1 Å². The van der Waals surface area contributed by atoms with Gasteiger partial charge in [0.1, 0.15) is 40.9 Å². The number of fused-ring (bicyclic) bond motifs is 1. The van der Waals surface area contributed by atoms with Gasteiger partial charge in [-0.1, -0.05) is 36.3 Å². The van der Waals surface area contributed by atoms with E-state index < -0.39 is 28.9 Å². The van der Waals surface area contributed by atoms with E-state index in [9.17, 15) is 18.0 Å². The molecule has 0 spiro atoms. The van der Waals surface area contributed by atoms with Crippen molar-refractivity contribution in [1.29, 1.82) is 0 Å². The van der Waals surface area contributed by atoms with Gasteiger partial charge in [-0.05, 0) is 43.2 Å². The van der Waals surface area contributed by atoms with Crippen LogP contribution in [0.25, 0.3) is 16.6 Å². The van der Waals surface area contributed by atoms with Crippen molar-refractivity contribution >= 4 is 22.5 Å². The first-order valence-corrected chi connectivity index (χ1v) is 12.1. The minimum Gasteiger partial charge on any atom is -0.382 e. The van der Waals surface area contributed by atoms with Crippen molar-refractivity contribution in [1.82, 2.24) is 24.5 Å². The molecule has 0 saturated carbocycles. The summed E-state index contributed by atoms with van der Waals surface area (Å²) in [7, 11) is 0. The number of alkyl halides is 2. The molecule has 8 nitrogen and oxygen atoms in total. The zero-order valence-corrected chi connectivity index (χ0v) is 21.4. The average Bonchev–Trinajstić information content (AvgIpc) is 2.93. The van der Waals surface area contributed by atoms with Crippen molar-refractivity contribution in [2.24, 2.45) is 0 Å². The highest BCUT2D eigenvalue weighted by Crippen LogP contribution is 2.32. The van der Waals surface area contributed by atoms with Crippen LogP contribution < -0.4 is 16.6 Å². The summed E-state index contributed by atoms with van der Waals surface area (Å²) >= 11 is 0. The second kappa shape index (κ2) is 10.5. The van der Waals surface area contributed by atoms with E-state index >= 15 is 0 Å². The maximum atomic E-state index is 14.5. The molecule has 0 saturated heterocycles. The van der Waals surface area contributed by atoms with Crippen molar-refractivity contribution in [2.45, 2.75) is 25.8 Å². The van der Waals surface area contributed by atoms with Gasteiger partial charge >= 0.3 is 0 Å². The van der Waals surface area contributed by atoms with Crippen LogP contribution in [0.1, 0.15) is 42.5 Å². The number of halogens is 3. The molecule has 40 heavy (non-hydrogen) atoms. The first-order valence-electron chi connectivity index (χ1n) is 12.1. The molecular weight excluding hydrogens is 519 g/mol. The molecule has 0 aliphatic heterocycles. The predicted molar refractivity (Wildman–Crippen MR) is 146 cm³/mol. The van der Waals surface area contributed by atoms with E-state index in [0.717, 1.165) is 13.1 Å². The molecule has 0 radical (unpaired) electrons. The van der Waals surface area contributed by atoms with E-state index in [2.05, 4.69) is 37.1 Å². The van der Waals surface area contributed by atoms with Crippen LogP contribution in [0.4, 0.5) is 24.8 Å². The number of anilines is 2. The highest BCUT2D eigenvalue weighted by Gasteiger charge is 2.30. The fourth-order valence-electron chi connectivity index (χ4n) is 4.21. The Balaban J connectivity index is 1.64. The van der Waals surface area contributed by atoms with Crippen LogP contribution in [0.2, 0.25) is 0 Å². The molecule has 0 bridgehead atoms. The number of benzene rings is 2. The monoisotopic (exact) mass is 541 g/mol. The van der Waals surface area contributed by atoms with E-state index in [1.54, 1.807) is 37.3 Å². The van der Waals surface area contributed by atoms with Crippen LogP contribution in [0.5, 0.6) is 0 Å². The van der Waals surface area contributed by atoms with Gasteiger partial charge in [-0.3, -0.25) is 9.36 Å². The number of nitrogens with one attached hydrogen (secondary N) is 1. The third kappa shape index (κ3) is 5.19. The summed E-state index contributed by atoms with van der Waals surface area (Å²) in [4.78, 5) is 30.7. The third-order valence-corrected chi connectivity index (χ3v) is 6.07. The molecule has 0 aliphatic rings. The van der Waals surface area contributed by atoms with E-state index in [0.29, 0.717) is 11.4 Å². The lowest BCUT2D eigenvalue weighted by atomic mass is 10.0. The Morgan fingerprint density at radius 1 is 1.00 bits per heavy atom. The summed E-state index contributed by atoms with van der Waals surface area (Å²) in [6, 6.07) is 14.8. The number of hydrogen-bond donors (Lipinski definition) is 2. The molecule has 0 amide bonds. The van der Waals surface area contributed by atoms with E-state index in [-0.39, 0.29) is 33.9 Å². The van der Waals surface area contributed by atoms with Gasteiger partial charge in [0.2, 0.25) is 0 Å². The number of nitrogens with zero attached hydrogens (tertiary/aromatic N) is 5. The van der Waals surface area contributed by atoms with Crippen LogP contribution in [0.3, 0.4) is 0 Å². The van der Waals surface area contributed by atoms with Crippen molar-refractivity contribution in [2.75, 3.05) is 11.1 Å². The SMILES string of the molecule is CC(Nc1ncnc(N)c1C#Cc1ccc(F)cn1)c1nc2cccc(C(C)(F)F)c2c(=O)n1-c1ccccc1. The van der Waals surface area contributed by atoms with E-state index in [4.69, 9.17) is 5.73 Å². The molecule has 5 rings (SSSR count). The lowest BCUT2D eigenvalue weighted by molar-refractivity contribution is 0.0190. The molecule has 3 N–H and O–H groups in total. The van der Waals surface area contributed by atoms with Crippen molar-refractivity contribution < 1.29 is 13.2 Å². The predicted octanol–water partition coefficient (Wildman–Crippen LogP) is 4.98. The third-order valence-electron chi connectivity index (χ3n) is 6.07. The lowest BCUT2D eigenvalue weighted by Crippen LogP contribution is -2.29. The summed E-state index contributed by atoms with van der Waals surface area (Å²) in [5, 5.41) is 3.01. The molecule has 5 aromatic rings. The van der Waals surface area contributed by atoms with E-state index in [1.807, 2.05) is 0 Å². The number of aromatic nitrogens is 5. The number of nitrogen functional groups attached to an aromatic ring is 1. The van der Waals surface area contributed by atoms with Crippen LogP contribution >= 0.6 is 0 Å². The Labute approximate surface area is 226 Å². The topological polar surface area (TPSA) is 112 Å². The Morgan fingerprint density at radius 3 is 2.48 bits per heavy atom. The minimum atomic E-state index is -3.26. The molecule has 0 fully saturated rings. The van der Waals surface area contributed by atoms with Crippen molar-refractivity contribution in [3.63, 3.8) is 0 Å². The summed E-state index contributed by atoms with van der Waals surface area (Å²) in [5.41, 5.74) is 6.18. The fraction of sp³-hybridized carbons (Fsp3) is 0.138. The molecule has 1 atom stereocenters. The highest BCUT2D eigenvalue weighted by atomic mass is 19.3. The quantitative estimate of drug-likeness (QED) is 0.302. The van der Waals surface area contributed by atoms with Gasteiger partial charge in [-0.2, -0.15) is 0 Å². The van der Waals surface area contributed by atoms with Crippen LogP contribution in [-0.4, -0.2) is 24.5 Å². The van der Waals surface area contributed by atoms with Crippen LogP contribution in [0.15, 0.2) is 78.0 Å². The first-order chi connectivity index (χ1) is 19.1. The van der Waals surface area contributed by atoms with Gasteiger partial charge in [-0.25, -0.2) is 33.1 Å². The second-order valence-corrected chi connectivity index (χ2v) is 8.99. The molecule has 2 aromatic carbocycles. The highest BCUT2D eigenvalue weighted by molar-refractivity contribution is 5.82. The largest absolute Gasteiger partial charge is 0.382 e. The van der Waals surface area contributed by atoms with Crippen molar-refractivity contribution in [3.8, 4) is 17.5 Å². The summed E-state index contributed by atoms with van der Waals surface area (Å²) in [6.07, 6.45) is 2.30. The van der Waals surface area contributed by atoms with Gasteiger partial charge in [0, 0.05) is 12.5 Å². The number of pyridine rings is 1. The number of nitrogens with two attached hydrogens (primary N) is 1. The Hall–Kier alpha value is -5.24. The van der Waals surface area contributed by atoms with Gasteiger partial charge in [0.15, 0.2) is 0 Å².